The summed E-state index contributed by atoms with van der Waals surface area (Å²) in [6.07, 6.45) is -31.4. The lowest BCUT2D eigenvalue weighted by atomic mass is 9.88. The zero-order valence-corrected chi connectivity index (χ0v) is 75.3. The van der Waals surface area contributed by atoms with Gasteiger partial charge in [0.1, 0.15) is 147 Å². The zero-order valence-electron chi connectivity index (χ0n) is 75.3. The quantitative estimate of drug-likeness (QED) is 0.0200. The van der Waals surface area contributed by atoms with Gasteiger partial charge in [-0.1, -0.05) is 193 Å². The average Bonchev–Trinajstić information content (AvgIpc) is 0.755. The standard InChI is InChI=1S/C86H152N4O41/c1-4-6-8-10-12-14-16-18-19-20-21-23-25-27-29-31-33-35-58(105)88-48(49(100)34-32-30-28-26-24-22-17-15-13-11-9-7-5-2)46-120-80-69(113)68(112)72(56(42-95)123-80)125-82-71(115)78(131-86(84(118)119)37-51(102)62(90-60(107)45-98)76(129-86)65(109)53(104)39-92)73(57(43-96)124-82)126-79-63(87-47(3)99)74(66(110)54(40-93)121-79)127-81-70(114)77(67(111)55(41-94)122-81)130-85(83(116)117)36-50(101)61(89-59(106)44-97)75(128-85)64(108)52(103)38-91/h32,34,48-57,61-82,91-98,100-104,108-115H,4-31,33,35-46H2,1-3H3,(H,87,99)(H,88,105)(H,89,106)(H,90,107)(H,116,117)(H,118,119)/b34-32+/t48-,49+,50?,51?,52+,53+,54?,55?,56?,57?,61+,62+,63?,64+,65+,66-,67-,68+,69?,70?,71?,72+,73-,74+,75?,76?,77-,78+,79-,80+,81-,82-,85-,86-/m0/s1. The molecule has 0 aromatic carbocycles. The molecule has 0 bridgehead atoms. The lowest BCUT2D eigenvalue weighted by Crippen LogP contribution is -2.72. The normalized spacial score (nSPS) is 34.4. The van der Waals surface area contributed by atoms with Crippen molar-refractivity contribution in [2.24, 2.45) is 0 Å². The molecule has 6 heterocycles. The number of allylic oxidation sites excluding steroid dienone is 1. The van der Waals surface area contributed by atoms with Gasteiger partial charge in [0.2, 0.25) is 23.6 Å². The fraction of sp³-hybridized carbons (Fsp3) is 0.907. The Hall–Kier alpha value is -4.76. The number of amides is 4. The molecular formula is C86H152N4O41. The molecule has 45 nitrogen and oxygen atoms in total. The first kappa shape index (κ1) is 115. The molecule has 0 spiro atoms. The molecule has 0 aromatic heterocycles. The van der Waals surface area contributed by atoms with Crippen molar-refractivity contribution in [2.75, 3.05) is 59.5 Å². The van der Waals surface area contributed by atoms with Crippen LogP contribution in [-0.2, 0) is 85.6 Å². The van der Waals surface area contributed by atoms with Crippen molar-refractivity contribution < 1.29 is 203 Å². The predicted octanol–water partition coefficient (Wildman–Crippen LogP) is -5.14. The summed E-state index contributed by atoms with van der Waals surface area (Å²) in [7, 11) is 0. The fourth-order valence-corrected chi connectivity index (χ4v) is 17.3. The Morgan fingerprint density at radius 2 is 0.779 bits per heavy atom. The Bertz CT molecular complexity index is 3280. The Kier molecular flexibility index (Phi) is 52.2. The fourth-order valence-electron chi connectivity index (χ4n) is 17.3. The molecule has 4 amide bonds. The van der Waals surface area contributed by atoms with E-state index in [9.17, 15) is 146 Å². The lowest BCUT2D eigenvalue weighted by Gasteiger charge is -2.53. The number of carboxylic acid groups (broad SMARTS) is 2. The summed E-state index contributed by atoms with van der Waals surface area (Å²) in [5.41, 5.74) is 0. The van der Waals surface area contributed by atoms with E-state index in [1.165, 1.54) is 115 Å². The number of unbranched alkanes of at least 4 members (excludes halogenated alkanes) is 27. The highest BCUT2D eigenvalue weighted by molar-refractivity contribution is 5.79. The Morgan fingerprint density at radius 3 is 1.20 bits per heavy atom. The molecule has 27 N–H and O–H groups in total. The van der Waals surface area contributed by atoms with Crippen molar-refractivity contribution in [2.45, 2.75) is 434 Å². The molecule has 131 heavy (non-hydrogen) atoms. The number of hydrogen-bond acceptors (Lipinski definition) is 39. The predicted molar refractivity (Wildman–Crippen MR) is 452 cm³/mol. The Morgan fingerprint density at radius 1 is 0.405 bits per heavy atom. The van der Waals surface area contributed by atoms with Crippen molar-refractivity contribution in [1.82, 2.24) is 21.3 Å². The molecule has 0 aliphatic carbocycles. The van der Waals surface area contributed by atoms with Gasteiger partial charge in [-0.15, -0.1) is 0 Å². The molecule has 6 fully saturated rings. The third-order valence-corrected chi connectivity index (χ3v) is 24.8. The van der Waals surface area contributed by atoms with Gasteiger partial charge in [0.25, 0.3) is 11.6 Å². The number of hydrogen-bond donors (Lipinski definition) is 27. The number of aliphatic hydroxyl groups is 21. The van der Waals surface area contributed by atoms with E-state index in [4.69, 9.17) is 56.8 Å². The molecule has 0 saturated carbocycles. The number of carbonyl (C=O) groups is 6. The summed E-state index contributed by atoms with van der Waals surface area (Å²) in [5, 5.41) is 266. The minimum atomic E-state index is -3.57. The zero-order chi connectivity index (χ0) is 96.7. The number of ether oxygens (including phenoxy) is 12. The third kappa shape index (κ3) is 34.1. The number of carboxylic acids is 2. The van der Waals surface area contributed by atoms with Crippen LogP contribution in [0.5, 0.6) is 0 Å². The summed E-state index contributed by atoms with van der Waals surface area (Å²) in [4.78, 5) is 79.9. The van der Waals surface area contributed by atoms with Gasteiger partial charge >= 0.3 is 11.9 Å². The minimum Gasteiger partial charge on any atom is -0.477 e. The van der Waals surface area contributed by atoms with Gasteiger partial charge < -0.3 is 196 Å². The molecule has 762 valence electrons. The van der Waals surface area contributed by atoms with Crippen LogP contribution in [0.3, 0.4) is 0 Å². The maximum atomic E-state index is 14.1. The monoisotopic (exact) mass is 1900 g/mol. The number of aliphatic carboxylic acids is 2. The van der Waals surface area contributed by atoms with Gasteiger partial charge in [-0.25, -0.2) is 9.59 Å². The number of rotatable bonds is 63. The maximum absolute atomic E-state index is 14.1. The van der Waals surface area contributed by atoms with E-state index in [1.807, 2.05) is 0 Å². The summed E-state index contributed by atoms with van der Waals surface area (Å²) in [6.45, 7) is -5.55. The van der Waals surface area contributed by atoms with Crippen LogP contribution in [0.1, 0.15) is 226 Å². The smallest absolute Gasteiger partial charge is 0.364 e. The maximum Gasteiger partial charge on any atom is 0.364 e. The Balaban J connectivity index is 1.30. The van der Waals surface area contributed by atoms with Crippen LogP contribution >= 0.6 is 0 Å². The summed E-state index contributed by atoms with van der Waals surface area (Å²) < 4.78 is 72.2. The Labute approximate surface area is 762 Å². The van der Waals surface area contributed by atoms with Crippen LogP contribution < -0.4 is 21.3 Å². The summed E-state index contributed by atoms with van der Waals surface area (Å²) in [5.74, 6) is -15.5. The summed E-state index contributed by atoms with van der Waals surface area (Å²) >= 11 is 0. The minimum absolute atomic E-state index is 0.0842. The molecule has 45 heteroatoms. The molecular weight excluding hydrogens is 1740 g/mol. The molecule has 0 radical (unpaired) electrons. The van der Waals surface area contributed by atoms with Gasteiger partial charge in [-0.05, 0) is 19.3 Å². The van der Waals surface area contributed by atoms with Crippen molar-refractivity contribution in [3.05, 3.63) is 12.2 Å². The molecule has 0 aromatic rings. The SMILES string of the molecule is CCCCCCCCCCCCC/C=C/[C@@H](O)[C@H](CO[C@@H]1OC(CO)[C@@H](O[C@@H]2OC(CO)[C@H](O[C@@H]3OC(CO)[C@H](O)[C@H](O[C@@H]4OC(CO)[C@H](O)[C@H](O[C@]5(C(=O)O)CC(O)[C@@H](NC(=O)CO)C([C@H](O)[C@H](O)CO)O5)C4O)C3NC(C)=O)[C@H](O[C@]3(C(=O)O)CC(O)[C@@H](NC(=O)CO)C([C@H](O)[C@H](O)CO)O3)C2O)[C@H](O)C1O)NC(=O)CCCCCCCCCCCCCCCCCCC. The molecule has 34 atom stereocenters. The van der Waals surface area contributed by atoms with Gasteiger partial charge in [-0.2, -0.15) is 0 Å². The van der Waals surface area contributed by atoms with E-state index in [-0.39, 0.29) is 6.42 Å². The number of carbonyl (C=O) groups excluding carboxylic acids is 4. The summed E-state index contributed by atoms with van der Waals surface area (Å²) in [6, 6.07) is -7.32. The van der Waals surface area contributed by atoms with Crippen LogP contribution in [0.25, 0.3) is 0 Å². The molecule has 6 saturated heterocycles. The van der Waals surface area contributed by atoms with Gasteiger partial charge in [0.15, 0.2) is 25.2 Å². The van der Waals surface area contributed by atoms with E-state index in [1.54, 1.807) is 6.08 Å². The largest absolute Gasteiger partial charge is 0.477 e. The van der Waals surface area contributed by atoms with Crippen LogP contribution in [0.4, 0.5) is 0 Å². The molecule has 6 aliphatic heterocycles. The highest BCUT2D eigenvalue weighted by atomic mass is 16.8. The molecule has 6 aliphatic rings. The lowest BCUT2D eigenvalue weighted by molar-refractivity contribution is -0.405. The van der Waals surface area contributed by atoms with Gasteiger partial charge in [0, 0.05) is 26.2 Å². The van der Waals surface area contributed by atoms with Crippen molar-refractivity contribution in [3.63, 3.8) is 0 Å². The molecule has 12 unspecified atom stereocenters. The van der Waals surface area contributed by atoms with E-state index >= 15 is 0 Å². The number of nitrogens with one attached hydrogen (secondary N) is 4. The van der Waals surface area contributed by atoms with Crippen LogP contribution in [0, 0.1) is 0 Å². The van der Waals surface area contributed by atoms with Gasteiger partial charge in [0.05, 0.1) is 82.7 Å². The molecule has 6 rings (SSSR count). The average molecular weight is 1900 g/mol. The van der Waals surface area contributed by atoms with E-state index < -0.39 is 315 Å². The van der Waals surface area contributed by atoms with Crippen LogP contribution in [0.15, 0.2) is 12.2 Å². The highest BCUT2D eigenvalue weighted by Gasteiger charge is 2.64. The first-order valence-electron chi connectivity index (χ1n) is 46.6. The van der Waals surface area contributed by atoms with Crippen molar-refractivity contribution in [1.29, 1.82) is 0 Å². The van der Waals surface area contributed by atoms with Crippen molar-refractivity contribution in [3.8, 4) is 0 Å². The van der Waals surface area contributed by atoms with E-state index in [2.05, 4.69) is 35.1 Å². The second-order valence-corrected chi connectivity index (χ2v) is 35.0. The first-order valence-corrected chi connectivity index (χ1v) is 46.6. The van der Waals surface area contributed by atoms with E-state index in [0.29, 0.717) is 12.8 Å². The second-order valence-electron chi connectivity index (χ2n) is 35.0. The van der Waals surface area contributed by atoms with Crippen LogP contribution in [-0.4, -0.2) is 420 Å². The third-order valence-electron chi connectivity index (χ3n) is 24.8. The highest BCUT2D eigenvalue weighted by Crippen LogP contribution is 2.43. The van der Waals surface area contributed by atoms with Crippen LogP contribution in [0.2, 0.25) is 0 Å². The van der Waals surface area contributed by atoms with Gasteiger partial charge in [-0.3, -0.25) is 19.2 Å². The second kappa shape index (κ2) is 59.5. The van der Waals surface area contributed by atoms with E-state index in [0.717, 1.165) is 71.1 Å². The topological polar surface area (TPSA) is 727 Å². The number of aliphatic hydroxyl groups excluding tert-OH is 21. The van der Waals surface area contributed by atoms with Crippen molar-refractivity contribution >= 4 is 35.6 Å². The first-order chi connectivity index (χ1) is 62.6.